The number of para-hydroxylation sites is 1. The summed E-state index contributed by atoms with van der Waals surface area (Å²) in [6.07, 6.45) is 0.240. The van der Waals surface area contributed by atoms with Crippen LogP contribution in [0, 0.1) is 11.6 Å². The number of fused-ring (bicyclic) bond motifs is 2. The molecule has 156 valence electrons. The maximum Gasteiger partial charge on any atom is 0.325 e. The summed E-state index contributed by atoms with van der Waals surface area (Å²) >= 11 is 0. The normalized spacial score (nSPS) is 21.1. The lowest BCUT2D eigenvalue weighted by Crippen LogP contribution is -2.48. The van der Waals surface area contributed by atoms with Gasteiger partial charge < -0.3 is 15.4 Å². The van der Waals surface area contributed by atoms with E-state index in [1.165, 1.54) is 13.0 Å². The number of carbonyl (C=O) groups is 3. The standard InChI is InChI=1S/C21H19F2N3O4/c1-12(14-7-6-13(22)10-16(14)23)24-18(27)11-26-19(28)21(25-20(26)29)8-9-30-17-5-3-2-4-15(17)21/h2-7,10,12H,8-9,11H2,1H3,(H,24,27)(H,25,29). The van der Waals surface area contributed by atoms with Gasteiger partial charge in [-0.15, -0.1) is 0 Å². The summed E-state index contributed by atoms with van der Waals surface area (Å²) in [6, 6.07) is 8.50. The third-order valence-electron chi connectivity index (χ3n) is 5.37. The number of urea groups is 1. The molecule has 1 spiro atoms. The van der Waals surface area contributed by atoms with Gasteiger partial charge in [0.1, 0.15) is 23.9 Å². The average Bonchev–Trinajstić information content (AvgIpc) is 2.93. The highest BCUT2D eigenvalue weighted by atomic mass is 19.1. The van der Waals surface area contributed by atoms with Crippen molar-refractivity contribution in [3.05, 3.63) is 65.2 Å². The maximum absolute atomic E-state index is 13.9. The highest BCUT2D eigenvalue weighted by Gasteiger charge is 2.55. The molecule has 2 atom stereocenters. The Hall–Kier alpha value is -3.49. The van der Waals surface area contributed by atoms with Crippen LogP contribution < -0.4 is 15.4 Å². The highest BCUT2D eigenvalue weighted by Crippen LogP contribution is 2.40. The van der Waals surface area contributed by atoms with Crippen molar-refractivity contribution in [2.24, 2.45) is 0 Å². The molecule has 9 heteroatoms. The molecule has 2 aromatic rings. The van der Waals surface area contributed by atoms with Crippen LogP contribution in [-0.2, 0) is 15.1 Å². The van der Waals surface area contributed by atoms with E-state index in [-0.39, 0.29) is 18.6 Å². The second-order valence-corrected chi connectivity index (χ2v) is 7.28. The Morgan fingerprint density at radius 1 is 1.27 bits per heavy atom. The lowest BCUT2D eigenvalue weighted by atomic mass is 9.84. The van der Waals surface area contributed by atoms with Gasteiger partial charge in [-0.2, -0.15) is 0 Å². The van der Waals surface area contributed by atoms with Crippen LogP contribution in [0.1, 0.15) is 30.5 Å². The third kappa shape index (κ3) is 3.26. The van der Waals surface area contributed by atoms with E-state index in [2.05, 4.69) is 10.6 Å². The first-order valence-electron chi connectivity index (χ1n) is 9.42. The molecule has 7 nitrogen and oxygen atoms in total. The molecule has 30 heavy (non-hydrogen) atoms. The van der Waals surface area contributed by atoms with E-state index in [9.17, 15) is 23.2 Å². The number of nitrogens with one attached hydrogen (secondary N) is 2. The fourth-order valence-electron chi connectivity index (χ4n) is 3.88. The van der Waals surface area contributed by atoms with Crippen LogP contribution in [0.25, 0.3) is 0 Å². The first-order chi connectivity index (χ1) is 14.3. The van der Waals surface area contributed by atoms with Crippen LogP contribution in [-0.4, -0.2) is 35.9 Å². The molecule has 2 heterocycles. The van der Waals surface area contributed by atoms with Gasteiger partial charge >= 0.3 is 6.03 Å². The predicted octanol–water partition coefficient (Wildman–Crippen LogP) is 2.37. The van der Waals surface area contributed by atoms with Gasteiger partial charge in [0, 0.05) is 23.6 Å². The number of rotatable bonds is 4. The quantitative estimate of drug-likeness (QED) is 0.751. The number of ether oxygens (including phenoxy) is 1. The van der Waals surface area contributed by atoms with E-state index >= 15 is 0 Å². The summed E-state index contributed by atoms with van der Waals surface area (Å²) in [5.74, 6) is -2.21. The Balaban J connectivity index is 1.50. The van der Waals surface area contributed by atoms with Crippen molar-refractivity contribution in [2.75, 3.05) is 13.2 Å². The average molecular weight is 415 g/mol. The van der Waals surface area contributed by atoms with Crippen molar-refractivity contribution in [2.45, 2.75) is 24.9 Å². The lowest BCUT2D eigenvalue weighted by Gasteiger charge is -2.33. The van der Waals surface area contributed by atoms with Gasteiger partial charge in [-0.1, -0.05) is 24.3 Å². The van der Waals surface area contributed by atoms with Crippen molar-refractivity contribution in [3.8, 4) is 5.75 Å². The predicted molar refractivity (Wildman–Crippen MR) is 101 cm³/mol. The minimum Gasteiger partial charge on any atom is -0.493 e. The molecule has 2 aromatic carbocycles. The number of imide groups is 1. The number of hydrogen-bond donors (Lipinski definition) is 2. The van der Waals surface area contributed by atoms with Gasteiger partial charge in [0.2, 0.25) is 5.91 Å². The monoisotopic (exact) mass is 415 g/mol. The summed E-state index contributed by atoms with van der Waals surface area (Å²) in [5.41, 5.74) is -0.642. The molecular formula is C21H19F2N3O4. The Bertz CT molecular complexity index is 1040. The van der Waals surface area contributed by atoms with E-state index in [4.69, 9.17) is 4.74 Å². The minimum atomic E-state index is -1.28. The molecule has 2 unspecified atom stereocenters. The zero-order chi connectivity index (χ0) is 21.5. The number of hydrogen-bond acceptors (Lipinski definition) is 4. The smallest absolute Gasteiger partial charge is 0.325 e. The first kappa shape index (κ1) is 19.8. The second-order valence-electron chi connectivity index (χ2n) is 7.28. The van der Waals surface area contributed by atoms with Crippen molar-refractivity contribution >= 4 is 17.8 Å². The largest absolute Gasteiger partial charge is 0.493 e. The van der Waals surface area contributed by atoms with E-state index < -0.39 is 47.6 Å². The molecule has 1 fully saturated rings. The van der Waals surface area contributed by atoms with Crippen molar-refractivity contribution in [1.82, 2.24) is 15.5 Å². The number of benzene rings is 2. The minimum absolute atomic E-state index is 0.0942. The Morgan fingerprint density at radius 2 is 2.03 bits per heavy atom. The first-order valence-corrected chi connectivity index (χ1v) is 9.42. The zero-order valence-corrected chi connectivity index (χ0v) is 16.1. The summed E-state index contributed by atoms with van der Waals surface area (Å²) < 4.78 is 32.6. The van der Waals surface area contributed by atoms with Crippen LogP contribution >= 0.6 is 0 Å². The van der Waals surface area contributed by atoms with Crippen molar-refractivity contribution < 1.29 is 27.9 Å². The van der Waals surface area contributed by atoms with Gasteiger partial charge in [0.25, 0.3) is 5.91 Å². The van der Waals surface area contributed by atoms with E-state index in [1.54, 1.807) is 24.3 Å². The molecule has 4 rings (SSSR count). The Labute approximate surface area is 171 Å². The summed E-state index contributed by atoms with van der Waals surface area (Å²) in [5, 5.41) is 5.24. The summed E-state index contributed by atoms with van der Waals surface area (Å²) in [4.78, 5) is 39.0. The van der Waals surface area contributed by atoms with Crippen molar-refractivity contribution in [1.29, 1.82) is 0 Å². The van der Waals surface area contributed by atoms with Crippen LogP contribution in [0.4, 0.5) is 13.6 Å². The fourth-order valence-corrected chi connectivity index (χ4v) is 3.88. The number of halogens is 2. The summed E-state index contributed by atoms with van der Waals surface area (Å²) in [7, 11) is 0. The maximum atomic E-state index is 13.9. The van der Waals surface area contributed by atoms with Gasteiger partial charge in [0.15, 0.2) is 5.54 Å². The molecule has 1 saturated heterocycles. The summed E-state index contributed by atoms with van der Waals surface area (Å²) in [6.45, 7) is 1.24. The van der Waals surface area contributed by atoms with E-state index in [0.29, 0.717) is 11.3 Å². The molecular weight excluding hydrogens is 396 g/mol. The highest BCUT2D eigenvalue weighted by molar-refractivity contribution is 6.09. The molecule has 2 aliphatic heterocycles. The van der Waals surface area contributed by atoms with E-state index in [1.807, 2.05) is 0 Å². The molecule has 0 aromatic heterocycles. The topological polar surface area (TPSA) is 87.7 Å². The Kier molecular flexibility index (Phi) is 4.89. The molecule has 0 bridgehead atoms. The van der Waals surface area contributed by atoms with Crippen LogP contribution in [0.15, 0.2) is 42.5 Å². The number of carbonyl (C=O) groups excluding carboxylic acids is 3. The van der Waals surface area contributed by atoms with Crippen LogP contribution in [0.2, 0.25) is 0 Å². The fraction of sp³-hybridized carbons (Fsp3) is 0.286. The van der Waals surface area contributed by atoms with Crippen LogP contribution in [0.5, 0.6) is 5.75 Å². The van der Waals surface area contributed by atoms with Crippen molar-refractivity contribution in [3.63, 3.8) is 0 Å². The molecule has 0 radical (unpaired) electrons. The second kappa shape index (κ2) is 7.40. The number of nitrogens with zero attached hydrogens (tertiary/aromatic N) is 1. The Morgan fingerprint density at radius 3 is 2.80 bits per heavy atom. The van der Waals surface area contributed by atoms with Gasteiger partial charge in [-0.25, -0.2) is 13.6 Å². The molecule has 4 amide bonds. The van der Waals surface area contributed by atoms with Gasteiger partial charge in [-0.05, 0) is 19.1 Å². The third-order valence-corrected chi connectivity index (χ3v) is 5.37. The van der Waals surface area contributed by atoms with Gasteiger partial charge in [0.05, 0.1) is 12.6 Å². The SMILES string of the molecule is CC(NC(=O)CN1C(=O)NC2(CCOc3ccccc32)C1=O)c1ccc(F)cc1F. The molecule has 2 aliphatic rings. The van der Waals surface area contributed by atoms with Crippen LogP contribution in [0.3, 0.4) is 0 Å². The zero-order valence-electron chi connectivity index (χ0n) is 16.1. The lowest BCUT2D eigenvalue weighted by molar-refractivity contribution is -0.136. The molecule has 0 saturated carbocycles. The molecule has 2 N–H and O–H groups in total. The number of amides is 4. The van der Waals surface area contributed by atoms with Gasteiger partial charge in [-0.3, -0.25) is 14.5 Å². The van der Waals surface area contributed by atoms with E-state index in [0.717, 1.165) is 17.0 Å². The molecule has 0 aliphatic carbocycles.